The zero-order valence-electron chi connectivity index (χ0n) is 15.1. The van der Waals surface area contributed by atoms with Gasteiger partial charge in [0.1, 0.15) is 5.82 Å². The minimum absolute atomic E-state index is 0.102. The van der Waals surface area contributed by atoms with Crippen molar-refractivity contribution in [3.63, 3.8) is 0 Å². The van der Waals surface area contributed by atoms with E-state index in [1.807, 2.05) is 24.3 Å². The summed E-state index contributed by atoms with van der Waals surface area (Å²) in [5.74, 6) is -0.836. The Morgan fingerprint density at radius 3 is 2.52 bits per heavy atom. The van der Waals surface area contributed by atoms with E-state index in [-0.39, 0.29) is 27.1 Å². The van der Waals surface area contributed by atoms with E-state index < -0.39 is 15.8 Å². The third-order valence-electron chi connectivity index (χ3n) is 4.71. The molecule has 5 nitrogen and oxygen atoms in total. The maximum absolute atomic E-state index is 13.1. The highest BCUT2D eigenvalue weighted by atomic mass is 35.5. The molecule has 0 radical (unpaired) electrons. The lowest BCUT2D eigenvalue weighted by molar-refractivity contribution is 0.0989. The Bertz CT molecular complexity index is 1200. The summed E-state index contributed by atoms with van der Waals surface area (Å²) >= 11 is 6.22. The minimum atomic E-state index is -3.98. The summed E-state index contributed by atoms with van der Waals surface area (Å²) in [7, 11) is -3.98. The van der Waals surface area contributed by atoms with E-state index in [0.29, 0.717) is 6.54 Å². The van der Waals surface area contributed by atoms with Gasteiger partial charge in [0.15, 0.2) is 0 Å². The van der Waals surface area contributed by atoms with Crippen molar-refractivity contribution in [1.29, 1.82) is 0 Å². The number of rotatable bonds is 4. The lowest BCUT2D eigenvalue weighted by Gasteiger charge is -2.18. The van der Waals surface area contributed by atoms with Crippen molar-refractivity contribution in [2.45, 2.75) is 11.3 Å². The Balaban J connectivity index is 1.66. The molecule has 0 unspecified atom stereocenters. The number of carbonyl (C=O) groups is 1. The molecule has 1 N–H and O–H groups in total. The Morgan fingerprint density at radius 2 is 1.76 bits per heavy atom. The second-order valence-corrected chi connectivity index (χ2v) is 8.68. The normalized spacial score (nSPS) is 13.2. The molecular weight excluding hydrogens is 415 g/mol. The molecule has 1 amide bonds. The smallest absolute Gasteiger partial charge is 0.261 e. The fraction of sp³-hybridized carbons (Fsp3) is 0.0952. The van der Waals surface area contributed by atoms with Crippen LogP contribution in [0.4, 0.5) is 15.8 Å². The summed E-state index contributed by atoms with van der Waals surface area (Å²) in [4.78, 5) is 14.6. The van der Waals surface area contributed by atoms with Crippen molar-refractivity contribution in [1.82, 2.24) is 0 Å². The van der Waals surface area contributed by atoms with Gasteiger partial charge in [-0.15, -0.1) is 0 Å². The van der Waals surface area contributed by atoms with Gasteiger partial charge in [-0.05, 0) is 60.5 Å². The van der Waals surface area contributed by atoms with Crippen LogP contribution in [0.2, 0.25) is 5.02 Å². The lowest BCUT2D eigenvalue weighted by atomic mass is 10.1. The number of hydrogen-bond acceptors (Lipinski definition) is 3. The first-order valence-electron chi connectivity index (χ1n) is 8.83. The molecular formula is C21H16ClFN2O3S. The van der Waals surface area contributed by atoms with Gasteiger partial charge in [0, 0.05) is 17.9 Å². The highest BCUT2D eigenvalue weighted by Gasteiger charge is 2.28. The van der Waals surface area contributed by atoms with Gasteiger partial charge in [-0.3, -0.25) is 9.52 Å². The number of hydrogen-bond donors (Lipinski definition) is 1. The Morgan fingerprint density at radius 1 is 1.03 bits per heavy atom. The van der Waals surface area contributed by atoms with E-state index in [9.17, 15) is 17.6 Å². The van der Waals surface area contributed by atoms with Crippen molar-refractivity contribution in [3.8, 4) is 0 Å². The van der Waals surface area contributed by atoms with Crippen molar-refractivity contribution in [2.75, 3.05) is 16.2 Å². The molecule has 148 valence electrons. The lowest BCUT2D eigenvalue weighted by Crippen LogP contribution is -2.29. The maximum atomic E-state index is 13.1. The predicted molar refractivity (Wildman–Crippen MR) is 110 cm³/mol. The number of sulfonamides is 1. The summed E-state index contributed by atoms with van der Waals surface area (Å²) in [5.41, 5.74) is 2.16. The fourth-order valence-electron chi connectivity index (χ4n) is 3.26. The van der Waals surface area contributed by atoms with E-state index in [0.717, 1.165) is 29.8 Å². The van der Waals surface area contributed by atoms with Crippen molar-refractivity contribution < 1.29 is 17.6 Å². The number of nitrogens with zero attached hydrogens (tertiary/aromatic N) is 1. The molecule has 3 aromatic rings. The van der Waals surface area contributed by atoms with Gasteiger partial charge in [-0.2, -0.15) is 0 Å². The van der Waals surface area contributed by atoms with Crippen molar-refractivity contribution >= 4 is 38.9 Å². The monoisotopic (exact) mass is 430 g/mol. The van der Waals surface area contributed by atoms with E-state index in [4.69, 9.17) is 11.6 Å². The van der Waals surface area contributed by atoms with Gasteiger partial charge in [-0.1, -0.05) is 29.8 Å². The van der Waals surface area contributed by atoms with Gasteiger partial charge >= 0.3 is 0 Å². The Kier molecular flexibility index (Phi) is 5.02. The van der Waals surface area contributed by atoms with Crippen LogP contribution in [0.5, 0.6) is 0 Å². The van der Waals surface area contributed by atoms with Crippen molar-refractivity contribution in [3.05, 3.63) is 88.7 Å². The molecule has 0 bridgehead atoms. The second kappa shape index (κ2) is 7.50. The molecule has 1 aliphatic heterocycles. The van der Waals surface area contributed by atoms with Crippen LogP contribution in [-0.2, 0) is 16.4 Å². The number of para-hydroxylation sites is 1. The van der Waals surface area contributed by atoms with Gasteiger partial charge in [-0.25, -0.2) is 12.8 Å². The number of carbonyl (C=O) groups excluding carboxylic acids is 1. The van der Waals surface area contributed by atoms with E-state index in [1.165, 1.54) is 30.3 Å². The van der Waals surface area contributed by atoms with Crippen LogP contribution in [0.25, 0.3) is 0 Å². The second-order valence-electron chi connectivity index (χ2n) is 6.59. The molecule has 0 aromatic heterocycles. The summed E-state index contributed by atoms with van der Waals surface area (Å²) in [5, 5.41) is 0.167. The number of fused-ring (bicyclic) bond motifs is 1. The number of anilines is 2. The summed E-state index contributed by atoms with van der Waals surface area (Å²) in [6.45, 7) is 0.499. The standard InChI is InChI=1S/C21H16ClFN2O3S/c22-19-10-9-17(29(27,28)24-16-7-5-15(23)6-8-16)13-18(19)21(26)25-12-11-14-3-1-2-4-20(14)25/h1-10,13,24H,11-12H2. The van der Waals surface area contributed by atoms with Gasteiger partial charge < -0.3 is 4.90 Å². The SMILES string of the molecule is O=C(c1cc(S(=O)(=O)Nc2ccc(F)cc2)ccc1Cl)N1CCc2ccccc21. The molecule has 0 saturated carbocycles. The number of halogens is 2. The highest BCUT2D eigenvalue weighted by Crippen LogP contribution is 2.31. The Hall–Kier alpha value is -2.90. The third kappa shape index (κ3) is 3.83. The average Bonchev–Trinajstić information content (AvgIpc) is 3.13. The van der Waals surface area contributed by atoms with Crippen LogP contribution in [0.3, 0.4) is 0 Å². The quantitative estimate of drug-likeness (QED) is 0.663. The molecule has 29 heavy (non-hydrogen) atoms. The molecule has 4 rings (SSSR count). The van der Waals surface area contributed by atoms with Crippen LogP contribution in [0.15, 0.2) is 71.6 Å². The molecule has 1 heterocycles. The molecule has 0 saturated heterocycles. The number of benzene rings is 3. The first-order chi connectivity index (χ1) is 13.8. The van der Waals surface area contributed by atoms with Gasteiger partial charge in [0.25, 0.3) is 15.9 Å². The maximum Gasteiger partial charge on any atom is 0.261 e. The predicted octanol–water partition coefficient (Wildman–Crippen LogP) is 4.48. The third-order valence-corrected chi connectivity index (χ3v) is 6.42. The highest BCUT2D eigenvalue weighted by molar-refractivity contribution is 7.92. The van der Waals surface area contributed by atoms with Crippen LogP contribution in [0.1, 0.15) is 15.9 Å². The number of amides is 1. The average molecular weight is 431 g/mol. The van der Waals surface area contributed by atoms with E-state index >= 15 is 0 Å². The molecule has 0 aliphatic carbocycles. The molecule has 0 fully saturated rings. The van der Waals surface area contributed by atoms with Gasteiger partial charge in [0.2, 0.25) is 0 Å². The van der Waals surface area contributed by atoms with Crippen LogP contribution in [0, 0.1) is 5.82 Å². The van der Waals surface area contributed by atoms with E-state index in [2.05, 4.69) is 4.72 Å². The first kappa shape index (κ1) is 19.4. The zero-order chi connectivity index (χ0) is 20.6. The van der Waals surface area contributed by atoms with E-state index in [1.54, 1.807) is 4.90 Å². The largest absolute Gasteiger partial charge is 0.308 e. The summed E-state index contributed by atoms with van der Waals surface area (Å²) in [6.07, 6.45) is 0.726. The molecule has 8 heteroatoms. The van der Waals surface area contributed by atoms with Crippen molar-refractivity contribution in [2.24, 2.45) is 0 Å². The van der Waals surface area contributed by atoms with Crippen LogP contribution in [-0.4, -0.2) is 20.9 Å². The molecule has 3 aromatic carbocycles. The van der Waals surface area contributed by atoms with Crippen LogP contribution < -0.4 is 9.62 Å². The first-order valence-corrected chi connectivity index (χ1v) is 10.7. The summed E-state index contributed by atoms with van der Waals surface area (Å²) in [6, 6.07) is 16.5. The molecule has 0 spiro atoms. The molecule has 1 aliphatic rings. The summed E-state index contributed by atoms with van der Waals surface area (Å²) < 4.78 is 40.9. The number of nitrogens with one attached hydrogen (secondary N) is 1. The molecule has 0 atom stereocenters. The topological polar surface area (TPSA) is 66.5 Å². The van der Waals surface area contributed by atoms with Gasteiger partial charge in [0.05, 0.1) is 15.5 Å². The fourth-order valence-corrected chi connectivity index (χ4v) is 4.54. The minimum Gasteiger partial charge on any atom is -0.308 e. The zero-order valence-corrected chi connectivity index (χ0v) is 16.7. The van der Waals surface area contributed by atoms with Crippen LogP contribution >= 0.6 is 11.6 Å². The Labute approximate surface area is 172 Å².